The third-order valence-corrected chi connectivity index (χ3v) is 4.74. The quantitative estimate of drug-likeness (QED) is 0.903. The molecule has 1 atom stereocenters. The van der Waals surface area contributed by atoms with Crippen molar-refractivity contribution in [3.63, 3.8) is 0 Å². The fraction of sp³-hybridized carbons (Fsp3) is 0.471. The first-order chi connectivity index (χ1) is 11.6. The molecular formula is C17H23N5O2. The van der Waals surface area contributed by atoms with Gasteiger partial charge in [0, 0.05) is 26.3 Å². The zero-order valence-electron chi connectivity index (χ0n) is 14.0. The number of carbonyl (C=O) groups is 1. The van der Waals surface area contributed by atoms with Gasteiger partial charge in [0.05, 0.1) is 29.4 Å². The van der Waals surface area contributed by atoms with Crippen LogP contribution in [-0.2, 0) is 7.05 Å². The van der Waals surface area contributed by atoms with E-state index in [2.05, 4.69) is 15.4 Å². The SMILES string of the molecule is Cc1c(NC(=O)N2CCC(C(O)c3ccccn3)CC2)cnn1C. The van der Waals surface area contributed by atoms with Crippen LogP contribution in [0.3, 0.4) is 0 Å². The van der Waals surface area contributed by atoms with Crippen LogP contribution in [0, 0.1) is 12.8 Å². The van der Waals surface area contributed by atoms with Gasteiger partial charge in [-0.15, -0.1) is 0 Å². The summed E-state index contributed by atoms with van der Waals surface area (Å²) >= 11 is 0. The number of piperidine rings is 1. The summed E-state index contributed by atoms with van der Waals surface area (Å²) in [6, 6.07) is 5.44. The number of likely N-dealkylation sites (tertiary alicyclic amines) is 1. The number of aromatic nitrogens is 3. The Hall–Kier alpha value is -2.41. The number of amides is 2. The lowest BCUT2D eigenvalue weighted by atomic mass is 9.89. The molecule has 0 aliphatic carbocycles. The fourth-order valence-electron chi connectivity index (χ4n) is 3.03. The van der Waals surface area contributed by atoms with Gasteiger partial charge in [-0.2, -0.15) is 5.10 Å². The summed E-state index contributed by atoms with van der Waals surface area (Å²) in [5.74, 6) is 0.129. The number of urea groups is 1. The molecule has 2 amide bonds. The predicted octanol–water partition coefficient (Wildman–Crippen LogP) is 2.10. The maximum absolute atomic E-state index is 12.4. The van der Waals surface area contributed by atoms with Crippen molar-refractivity contribution < 1.29 is 9.90 Å². The Labute approximate surface area is 141 Å². The third-order valence-electron chi connectivity index (χ3n) is 4.74. The van der Waals surface area contributed by atoms with Crippen LogP contribution in [0.2, 0.25) is 0 Å². The molecule has 3 rings (SSSR count). The molecule has 2 aromatic heterocycles. The van der Waals surface area contributed by atoms with Crippen molar-refractivity contribution in [3.8, 4) is 0 Å². The van der Waals surface area contributed by atoms with Gasteiger partial charge in [-0.1, -0.05) is 6.07 Å². The topological polar surface area (TPSA) is 83.3 Å². The number of nitrogens with one attached hydrogen (secondary N) is 1. The van der Waals surface area contributed by atoms with Crippen LogP contribution in [0.25, 0.3) is 0 Å². The standard InChI is InChI=1S/C17H23N5O2/c1-12-15(11-19-21(12)2)20-17(24)22-9-6-13(7-10-22)16(23)14-5-3-4-8-18-14/h3-5,8,11,13,16,23H,6-7,9-10H2,1-2H3,(H,20,24). The van der Waals surface area contributed by atoms with Crippen molar-refractivity contribution >= 4 is 11.7 Å². The minimum Gasteiger partial charge on any atom is -0.387 e. The van der Waals surface area contributed by atoms with Gasteiger partial charge in [-0.05, 0) is 37.8 Å². The van der Waals surface area contributed by atoms with Crippen molar-refractivity contribution in [2.24, 2.45) is 13.0 Å². The first kappa shape index (κ1) is 16.4. The number of rotatable bonds is 3. The van der Waals surface area contributed by atoms with E-state index >= 15 is 0 Å². The lowest BCUT2D eigenvalue weighted by Crippen LogP contribution is -2.42. The summed E-state index contributed by atoms with van der Waals surface area (Å²) in [5.41, 5.74) is 2.35. The number of pyridine rings is 1. The number of nitrogens with zero attached hydrogens (tertiary/aromatic N) is 4. The summed E-state index contributed by atoms with van der Waals surface area (Å²) in [5, 5.41) is 17.5. The van der Waals surface area contributed by atoms with Crippen molar-refractivity contribution in [2.45, 2.75) is 25.9 Å². The van der Waals surface area contributed by atoms with E-state index in [4.69, 9.17) is 0 Å². The Morgan fingerprint density at radius 3 is 2.71 bits per heavy atom. The zero-order chi connectivity index (χ0) is 17.1. The molecule has 7 heteroatoms. The molecule has 0 aromatic carbocycles. The number of aliphatic hydroxyl groups excluding tert-OH is 1. The normalized spacial score (nSPS) is 16.9. The number of aliphatic hydroxyl groups is 1. The Kier molecular flexibility index (Phi) is 4.80. The van der Waals surface area contributed by atoms with Crippen molar-refractivity contribution in [1.82, 2.24) is 19.7 Å². The molecule has 0 radical (unpaired) electrons. The number of anilines is 1. The zero-order valence-corrected chi connectivity index (χ0v) is 14.0. The molecule has 0 bridgehead atoms. The lowest BCUT2D eigenvalue weighted by molar-refractivity contribution is 0.0652. The Balaban J connectivity index is 1.55. The first-order valence-electron chi connectivity index (χ1n) is 8.20. The van der Waals surface area contributed by atoms with E-state index < -0.39 is 6.10 Å². The van der Waals surface area contributed by atoms with Crippen LogP contribution in [0.15, 0.2) is 30.6 Å². The summed E-state index contributed by atoms with van der Waals surface area (Å²) in [6.45, 7) is 3.16. The van der Waals surface area contributed by atoms with Crippen LogP contribution < -0.4 is 5.32 Å². The fourth-order valence-corrected chi connectivity index (χ4v) is 3.03. The highest BCUT2D eigenvalue weighted by Gasteiger charge is 2.29. The molecule has 2 aromatic rings. The average Bonchev–Trinajstić information content (AvgIpc) is 2.94. The van der Waals surface area contributed by atoms with Gasteiger partial charge in [-0.3, -0.25) is 9.67 Å². The summed E-state index contributed by atoms with van der Waals surface area (Å²) in [6.07, 6.45) is 4.30. The average molecular weight is 329 g/mol. The van der Waals surface area contributed by atoms with Gasteiger partial charge < -0.3 is 15.3 Å². The van der Waals surface area contributed by atoms with E-state index in [0.29, 0.717) is 18.8 Å². The lowest BCUT2D eigenvalue weighted by Gasteiger charge is -2.34. The van der Waals surface area contributed by atoms with Gasteiger partial charge in [0.1, 0.15) is 0 Å². The van der Waals surface area contributed by atoms with E-state index in [1.807, 2.05) is 32.2 Å². The molecule has 1 aliphatic rings. The number of carbonyl (C=O) groups excluding carboxylic acids is 1. The van der Waals surface area contributed by atoms with E-state index in [-0.39, 0.29) is 11.9 Å². The van der Waals surface area contributed by atoms with Crippen molar-refractivity contribution in [2.75, 3.05) is 18.4 Å². The second kappa shape index (κ2) is 7.00. The first-order valence-corrected chi connectivity index (χ1v) is 8.20. The van der Waals surface area contributed by atoms with E-state index in [1.165, 1.54) is 0 Å². The molecule has 0 saturated carbocycles. The summed E-state index contributed by atoms with van der Waals surface area (Å²) < 4.78 is 1.73. The molecule has 128 valence electrons. The van der Waals surface area contributed by atoms with E-state index in [1.54, 1.807) is 22.0 Å². The van der Waals surface area contributed by atoms with Gasteiger partial charge in [0.15, 0.2) is 0 Å². The molecule has 7 nitrogen and oxygen atoms in total. The molecule has 1 saturated heterocycles. The predicted molar refractivity (Wildman–Crippen MR) is 90.5 cm³/mol. The van der Waals surface area contributed by atoms with Gasteiger partial charge in [-0.25, -0.2) is 4.79 Å². The van der Waals surface area contributed by atoms with Crippen LogP contribution in [-0.4, -0.2) is 43.9 Å². The summed E-state index contributed by atoms with van der Waals surface area (Å²) in [7, 11) is 1.84. The number of hydrogen-bond acceptors (Lipinski definition) is 4. The van der Waals surface area contributed by atoms with Crippen LogP contribution in [0.5, 0.6) is 0 Å². The number of hydrogen-bond donors (Lipinski definition) is 2. The molecule has 1 unspecified atom stereocenters. The molecule has 24 heavy (non-hydrogen) atoms. The smallest absolute Gasteiger partial charge is 0.321 e. The second-order valence-corrected chi connectivity index (χ2v) is 6.22. The molecule has 0 spiro atoms. The van der Waals surface area contributed by atoms with Gasteiger partial charge >= 0.3 is 6.03 Å². The number of aryl methyl sites for hydroxylation is 1. The molecule has 1 fully saturated rings. The van der Waals surface area contributed by atoms with Gasteiger partial charge in [0.25, 0.3) is 0 Å². The minimum atomic E-state index is -0.572. The molecular weight excluding hydrogens is 306 g/mol. The Bertz CT molecular complexity index is 692. The second-order valence-electron chi connectivity index (χ2n) is 6.22. The molecule has 1 aliphatic heterocycles. The Morgan fingerprint density at radius 1 is 1.38 bits per heavy atom. The largest absolute Gasteiger partial charge is 0.387 e. The van der Waals surface area contributed by atoms with Crippen LogP contribution in [0.1, 0.15) is 30.3 Å². The highest BCUT2D eigenvalue weighted by Crippen LogP contribution is 2.29. The van der Waals surface area contributed by atoms with E-state index in [0.717, 1.165) is 24.2 Å². The Morgan fingerprint density at radius 2 is 2.12 bits per heavy atom. The van der Waals surface area contributed by atoms with Crippen molar-refractivity contribution in [3.05, 3.63) is 42.0 Å². The highest BCUT2D eigenvalue weighted by molar-refractivity contribution is 5.89. The minimum absolute atomic E-state index is 0.114. The van der Waals surface area contributed by atoms with E-state index in [9.17, 15) is 9.90 Å². The molecule has 3 heterocycles. The monoisotopic (exact) mass is 329 g/mol. The van der Waals surface area contributed by atoms with Crippen LogP contribution >= 0.6 is 0 Å². The maximum atomic E-state index is 12.4. The van der Waals surface area contributed by atoms with Gasteiger partial charge in [0.2, 0.25) is 0 Å². The highest BCUT2D eigenvalue weighted by atomic mass is 16.3. The maximum Gasteiger partial charge on any atom is 0.321 e. The van der Waals surface area contributed by atoms with Crippen LogP contribution in [0.4, 0.5) is 10.5 Å². The summed E-state index contributed by atoms with van der Waals surface area (Å²) in [4.78, 5) is 18.4. The molecule has 2 N–H and O–H groups in total. The van der Waals surface area contributed by atoms with Crippen molar-refractivity contribution in [1.29, 1.82) is 0 Å². The third kappa shape index (κ3) is 3.41.